The molecule has 2 aliphatic rings. The minimum atomic E-state index is -0.384. The Morgan fingerprint density at radius 1 is 1.33 bits per heavy atom. The second kappa shape index (κ2) is 6.30. The van der Waals surface area contributed by atoms with Crippen molar-refractivity contribution < 1.29 is 14.3 Å². The molecule has 0 saturated carbocycles. The molecule has 21 heavy (non-hydrogen) atoms. The summed E-state index contributed by atoms with van der Waals surface area (Å²) in [5, 5.41) is 0. The Morgan fingerprint density at radius 2 is 2.14 bits per heavy atom. The van der Waals surface area contributed by atoms with E-state index in [9.17, 15) is 4.79 Å². The van der Waals surface area contributed by atoms with Crippen LogP contribution in [0.1, 0.15) is 12.8 Å². The van der Waals surface area contributed by atoms with E-state index in [2.05, 4.69) is 9.88 Å². The van der Waals surface area contributed by atoms with Crippen LogP contribution in [-0.4, -0.2) is 61.8 Å². The van der Waals surface area contributed by atoms with Gasteiger partial charge in [-0.2, -0.15) is 4.98 Å². The molecule has 1 amide bonds. The van der Waals surface area contributed by atoms with Gasteiger partial charge in [-0.05, 0) is 18.9 Å². The Balaban J connectivity index is 1.68. The van der Waals surface area contributed by atoms with Crippen LogP contribution >= 0.6 is 0 Å². The van der Waals surface area contributed by atoms with Gasteiger partial charge in [0.1, 0.15) is 5.82 Å². The first-order chi connectivity index (χ1) is 10.3. The number of morpholine rings is 1. The summed E-state index contributed by atoms with van der Waals surface area (Å²) in [6, 6.07) is 5.66. The molecule has 6 nitrogen and oxygen atoms in total. The van der Waals surface area contributed by atoms with Gasteiger partial charge in [0, 0.05) is 25.7 Å². The van der Waals surface area contributed by atoms with Gasteiger partial charge in [-0.15, -0.1) is 0 Å². The van der Waals surface area contributed by atoms with Gasteiger partial charge in [-0.25, -0.2) is 0 Å². The van der Waals surface area contributed by atoms with Gasteiger partial charge >= 0.3 is 0 Å². The average molecular weight is 291 g/mol. The summed E-state index contributed by atoms with van der Waals surface area (Å²) in [5.41, 5.74) is 0. The van der Waals surface area contributed by atoms with Crippen molar-refractivity contribution in [3.63, 3.8) is 0 Å². The highest BCUT2D eigenvalue weighted by Gasteiger charge is 2.31. The van der Waals surface area contributed by atoms with Crippen LogP contribution in [0.2, 0.25) is 0 Å². The maximum Gasteiger partial charge on any atom is 0.253 e. The van der Waals surface area contributed by atoms with E-state index in [0.29, 0.717) is 19.0 Å². The van der Waals surface area contributed by atoms with Crippen molar-refractivity contribution in [3.8, 4) is 5.88 Å². The van der Waals surface area contributed by atoms with E-state index in [1.807, 2.05) is 23.1 Å². The highest BCUT2D eigenvalue weighted by atomic mass is 16.5. The average Bonchev–Trinajstić information content (AvgIpc) is 3.09. The molecule has 3 heterocycles. The van der Waals surface area contributed by atoms with Gasteiger partial charge in [0.2, 0.25) is 5.88 Å². The maximum absolute atomic E-state index is 12.4. The zero-order chi connectivity index (χ0) is 14.7. The highest BCUT2D eigenvalue weighted by Crippen LogP contribution is 2.20. The van der Waals surface area contributed by atoms with E-state index in [0.717, 1.165) is 38.3 Å². The van der Waals surface area contributed by atoms with Crippen LogP contribution in [0.25, 0.3) is 0 Å². The van der Waals surface area contributed by atoms with Crippen molar-refractivity contribution in [1.82, 2.24) is 9.88 Å². The molecule has 2 fully saturated rings. The van der Waals surface area contributed by atoms with Crippen molar-refractivity contribution in [2.24, 2.45) is 0 Å². The molecule has 3 rings (SSSR count). The number of hydrogen-bond acceptors (Lipinski definition) is 5. The molecule has 1 aromatic heterocycles. The molecule has 1 aromatic rings. The summed E-state index contributed by atoms with van der Waals surface area (Å²) >= 11 is 0. The number of aromatic nitrogens is 1. The predicted molar refractivity (Wildman–Crippen MR) is 78.6 cm³/mol. The summed E-state index contributed by atoms with van der Waals surface area (Å²) in [7, 11) is 1.60. The highest BCUT2D eigenvalue weighted by molar-refractivity contribution is 5.82. The smallest absolute Gasteiger partial charge is 0.253 e. The van der Waals surface area contributed by atoms with Crippen LogP contribution in [-0.2, 0) is 9.53 Å². The zero-order valence-electron chi connectivity index (χ0n) is 12.3. The number of nitrogens with zero attached hydrogens (tertiary/aromatic N) is 3. The summed E-state index contributed by atoms with van der Waals surface area (Å²) < 4.78 is 10.8. The number of hydrogen-bond donors (Lipinski definition) is 0. The van der Waals surface area contributed by atoms with E-state index in [4.69, 9.17) is 9.47 Å². The quantitative estimate of drug-likeness (QED) is 0.829. The first-order valence-electron chi connectivity index (χ1n) is 7.44. The Bertz CT molecular complexity index is 503. The molecule has 2 aliphatic heterocycles. The number of anilines is 1. The summed E-state index contributed by atoms with van der Waals surface area (Å²) in [4.78, 5) is 20.9. The molecule has 0 bridgehead atoms. The molecule has 0 aliphatic carbocycles. The van der Waals surface area contributed by atoms with Gasteiger partial charge in [0.15, 0.2) is 6.10 Å². The third-order valence-electron chi connectivity index (χ3n) is 4.00. The van der Waals surface area contributed by atoms with E-state index >= 15 is 0 Å². The molecule has 0 aromatic carbocycles. The van der Waals surface area contributed by atoms with E-state index in [-0.39, 0.29) is 12.0 Å². The fourth-order valence-corrected chi connectivity index (χ4v) is 2.84. The second-order valence-electron chi connectivity index (χ2n) is 5.38. The van der Waals surface area contributed by atoms with Gasteiger partial charge in [-0.3, -0.25) is 4.79 Å². The molecule has 0 radical (unpaired) electrons. The lowest BCUT2D eigenvalue weighted by atomic mass is 10.2. The SMILES string of the molecule is COc1cccc(N2CCOC(C(=O)N3CCCC3)C2)n1. The standard InChI is InChI=1S/C15H21N3O3/c1-20-14-6-4-5-13(16-14)18-9-10-21-12(11-18)15(19)17-7-2-3-8-17/h4-6,12H,2-3,7-11H2,1H3. The number of methoxy groups -OCH3 is 1. The van der Waals surface area contributed by atoms with Crippen molar-refractivity contribution in [2.75, 3.05) is 44.8 Å². The fourth-order valence-electron chi connectivity index (χ4n) is 2.84. The predicted octanol–water partition coefficient (Wildman–Crippen LogP) is 0.918. The number of likely N-dealkylation sites (tertiary alicyclic amines) is 1. The zero-order valence-corrected chi connectivity index (χ0v) is 12.3. The topological polar surface area (TPSA) is 54.9 Å². The van der Waals surface area contributed by atoms with Crippen LogP contribution in [0.3, 0.4) is 0 Å². The minimum absolute atomic E-state index is 0.111. The lowest BCUT2D eigenvalue weighted by Crippen LogP contribution is -2.50. The summed E-state index contributed by atoms with van der Waals surface area (Å²) in [6.45, 7) is 3.55. The maximum atomic E-state index is 12.4. The molecule has 1 unspecified atom stereocenters. The van der Waals surface area contributed by atoms with E-state index < -0.39 is 0 Å². The van der Waals surface area contributed by atoms with Gasteiger partial charge in [0.25, 0.3) is 5.91 Å². The Labute approximate surface area is 124 Å². The van der Waals surface area contributed by atoms with Gasteiger partial charge in [0.05, 0.1) is 20.3 Å². The number of carbonyl (C=O) groups is 1. The van der Waals surface area contributed by atoms with Crippen LogP contribution in [0, 0.1) is 0 Å². The first-order valence-corrected chi connectivity index (χ1v) is 7.44. The van der Waals surface area contributed by atoms with E-state index in [1.54, 1.807) is 7.11 Å². The molecular weight excluding hydrogens is 270 g/mol. The van der Waals surface area contributed by atoms with Crippen molar-refractivity contribution >= 4 is 11.7 Å². The number of ether oxygens (including phenoxy) is 2. The monoisotopic (exact) mass is 291 g/mol. The molecule has 0 spiro atoms. The van der Waals surface area contributed by atoms with Crippen LogP contribution in [0.4, 0.5) is 5.82 Å². The van der Waals surface area contributed by atoms with Crippen molar-refractivity contribution in [1.29, 1.82) is 0 Å². The lowest BCUT2D eigenvalue weighted by Gasteiger charge is -2.34. The van der Waals surface area contributed by atoms with Crippen LogP contribution in [0.15, 0.2) is 18.2 Å². The summed E-state index contributed by atoms with van der Waals surface area (Å²) in [6.07, 6.45) is 1.81. The number of pyridine rings is 1. The molecule has 2 saturated heterocycles. The molecule has 114 valence electrons. The first kappa shape index (κ1) is 14.1. The lowest BCUT2D eigenvalue weighted by molar-refractivity contribution is -0.143. The third-order valence-corrected chi connectivity index (χ3v) is 4.00. The van der Waals surface area contributed by atoms with Crippen molar-refractivity contribution in [2.45, 2.75) is 18.9 Å². The number of rotatable bonds is 3. The normalized spacial score (nSPS) is 22.4. The minimum Gasteiger partial charge on any atom is -0.481 e. The van der Waals surface area contributed by atoms with Crippen LogP contribution in [0.5, 0.6) is 5.88 Å². The van der Waals surface area contributed by atoms with Crippen molar-refractivity contribution in [3.05, 3.63) is 18.2 Å². The number of carbonyl (C=O) groups excluding carboxylic acids is 1. The summed E-state index contributed by atoms with van der Waals surface area (Å²) in [5.74, 6) is 1.53. The molecule has 6 heteroatoms. The van der Waals surface area contributed by atoms with Gasteiger partial charge in [-0.1, -0.05) is 6.07 Å². The second-order valence-corrected chi connectivity index (χ2v) is 5.38. The molecule has 0 N–H and O–H groups in total. The molecule has 1 atom stereocenters. The molecular formula is C15H21N3O3. The largest absolute Gasteiger partial charge is 0.481 e. The Morgan fingerprint density at radius 3 is 2.90 bits per heavy atom. The Kier molecular flexibility index (Phi) is 4.24. The van der Waals surface area contributed by atoms with Crippen LogP contribution < -0.4 is 9.64 Å². The van der Waals surface area contributed by atoms with E-state index in [1.165, 1.54) is 0 Å². The Hall–Kier alpha value is -1.82. The van der Waals surface area contributed by atoms with Gasteiger partial charge < -0.3 is 19.3 Å². The number of amides is 1. The third kappa shape index (κ3) is 3.10. The fraction of sp³-hybridized carbons (Fsp3) is 0.600.